The molecule has 0 atom stereocenters. The number of nitrogens with two attached hydrogens (primary N) is 1. The molecule has 21 heavy (non-hydrogen) atoms. The van der Waals surface area contributed by atoms with Gasteiger partial charge in [-0.15, -0.1) is 0 Å². The lowest BCUT2D eigenvalue weighted by Gasteiger charge is -2.26. The fourth-order valence-electron chi connectivity index (χ4n) is 2.37. The largest absolute Gasteiger partial charge is 0.383 e. The van der Waals surface area contributed by atoms with Crippen LogP contribution in [0.2, 0.25) is 0 Å². The first kappa shape index (κ1) is 14.2. The van der Waals surface area contributed by atoms with E-state index in [-0.39, 0.29) is 4.90 Å². The van der Waals surface area contributed by atoms with Gasteiger partial charge in [0.2, 0.25) is 10.0 Å². The van der Waals surface area contributed by atoms with Crippen LogP contribution < -0.4 is 5.73 Å². The monoisotopic (exact) mass is 307 g/mol. The molecule has 0 amide bonds. The summed E-state index contributed by atoms with van der Waals surface area (Å²) in [4.78, 5) is 4.54. The number of pyridine rings is 1. The summed E-state index contributed by atoms with van der Waals surface area (Å²) in [6, 6.07) is 6.78. The lowest BCUT2D eigenvalue weighted by atomic mass is 10.1. The van der Waals surface area contributed by atoms with Gasteiger partial charge in [-0.2, -0.15) is 4.31 Å². The van der Waals surface area contributed by atoms with Gasteiger partial charge >= 0.3 is 0 Å². The van der Waals surface area contributed by atoms with Crippen LogP contribution in [0.15, 0.2) is 29.2 Å². The molecule has 7 heteroatoms. The van der Waals surface area contributed by atoms with Crippen LogP contribution in [0, 0.1) is 6.92 Å². The predicted octanol–water partition coefficient (Wildman–Crippen LogP) is 1.15. The third-order valence-electron chi connectivity index (χ3n) is 3.62. The lowest BCUT2D eigenvalue weighted by Crippen LogP contribution is -2.40. The number of benzene rings is 1. The van der Waals surface area contributed by atoms with Crippen LogP contribution >= 0.6 is 0 Å². The molecule has 0 unspecified atom stereocenters. The van der Waals surface area contributed by atoms with Crippen LogP contribution in [0.1, 0.15) is 5.56 Å². The van der Waals surface area contributed by atoms with Crippen molar-refractivity contribution in [2.75, 3.05) is 32.0 Å². The van der Waals surface area contributed by atoms with Gasteiger partial charge < -0.3 is 10.5 Å². The summed E-state index contributed by atoms with van der Waals surface area (Å²) < 4.78 is 31.9. The van der Waals surface area contributed by atoms with Crippen molar-refractivity contribution >= 4 is 26.7 Å². The molecular formula is C14H17N3O3S. The molecule has 0 spiro atoms. The molecule has 2 aromatic rings. The molecule has 3 rings (SSSR count). The minimum atomic E-state index is -3.48. The SMILES string of the molecule is Cc1cc2cc(S(=O)(=O)N3CCOCC3)ccc2nc1N. The summed E-state index contributed by atoms with van der Waals surface area (Å²) in [5.74, 6) is 0.464. The van der Waals surface area contributed by atoms with Crippen molar-refractivity contribution in [2.45, 2.75) is 11.8 Å². The molecule has 1 saturated heterocycles. The maximum atomic E-state index is 12.6. The van der Waals surface area contributed by atoms with Crippen LogP contribution in [0.4, 0.5) is 5.82 Å². The number of hydrogen-bond donors (Lipinski definition) is 1. The van der Waals surface area contributed by atoms with Crippen molar-refractivity contribution in [3.05, 3.63) is 29.8 Å². The summed E-state index contributed by atoms with van der Waals surface area (Å²) in [6.07, 6.45) is 0. The van der Waals surface area contributed by atoms with Crippen molar-refractivity contribution in [3.8, 4) is 0 Å². The zero-order valence-corrected chi connectivity index (χ0v) is 12.6. The molecule has 1 aliphatic rings. The molecule has 6 nitrogen and oxygen atoms in total. The van der Waals surface area contributed by atoms with Crippen LogP contribution in [0.5, 0.6) is 0 Å². The number of aryl methyl sites for hydroxylation is 1. The molecule has 112 valence electrons. The van der Waals surface area contributed by atoms with Gasteiger partial charge in [0.25, 0.3) is 0 Å². The number of hydrogen-bond acceptors (Lipinski definition) is 5. The molecule has 0 bridgehead atoms. The number of fused-ring (bicyclic) bond motifs is 1. The minimum Gasteiger partial charge on any atom is -0.383 e. The van der Waals surface area contributed by atoms with Crippen molar-refractivity contribution in [2.24, 2.45) is 0 Å². The third kappa shape index (κ3) is 2.59. The number of anilines is 1. The zero-order chi connectivity index (χ0) is 15.0. The van der Waals surface area contributed by atoms with Crippen molar-refractivity contribution in [1.82, 2.24) is 9.29 Å². The molecule has 2 heterocycles. The Hall–Kier alpha value is -1.70. The topological polar surface area (TPSA) is 85.5 Å². The first-order valence-corrected chi connectivity index (χ1v) is 8.17. The van der Waals surface area contributed by atoms with E-state index >= 15 is 0 Å². The van der Waals surface area contributed by atoms with E-state index in [1.807, 2.05) is 13.0 Å². The summed E-state index contributed by atoms with van der Waals surface area (Å²) in [5.41, 5.74) is 7.31. The molecule has 1 aromatic carbocycles. The van der Waals surface area contributed by atoms with E-state index in [4.69, 9.17) is 10.5 Å². The van der Waals surface area contributed by atoms with Gasteiger partial charge in [0.15, 0.2) is 0 Å². The summed E-state index contributed by atoms with van der Waals surface area (Å²) in [5, 5.41) is 0.774. The fraction of sp³-hybridized carbons (Fsp3) is 0.357. The Labute approximate surface area is 123 Å². The second-order valence-electron chi connectivity index (χ2n) is 5.06. The molecule has 0 radical (unpaired) electrons. The quantitative estimate of drug-likeness (QED) is 0.899. The first-order chi connectivity index (χ1) is 9.98. The molecule has 0 saturated carbocycles. The second-order valence-corrected chi connectivity index (χ2v) is 7.00. The van der Waals surface area contributed by atoms with Crippen molar-refractivity contribution in [3.63, 3.8) is 0 Å². The van der Waals surface area contributed by atoms with Gasteiger partial charge in [-0.25, -0.2) is 13.4 Å². The van der Waals surface area contributed by atoms with E-state index in [1.54, 1.807) is 18.2 Å². The number of nitrogens with zero attached hydrogens (tertiary/aromatic N) is 2. The molecule has 1 aromatic heterocycles. The third-order valence-corrected chi connectivity index (χ3v) is 5.52. The molecular weight excluding hydrogens is 290 g/mol. The van der Waals surface area contributed by atoms with Gasteiger partial charge in [0.1, 0.15) is 5.82 Å². The minimum absolute atomic E-state index is 0.280. The van der Waals surface area contributed by atoms with E-state index in [1.165, 1.54) is 4.31 Å². The van der Waals surface area contributed by atoms with Crippen LogP contribution in [-0.2, 0) is 14.8 Å². The highest BCUT2D eigenvalue weighted by molar-refractivity contribution is 7.89. The van der Waals surface area contributed by atoms with E-state index in [9.17, 15) is 8.42 Å². The number of morpholine rings is 1. The maximum absolute atomic E-state index is 12.6. The maximum Gasteiger partial charge on any atom is 0.243 e. The van der Waals surface area contributed by atoms with Gasteiger partial charge in [0, 0.05) is 18.5 Å². The highest BCUT2D eigenvalue weighted by atomic mass is 32.2. The normalized spacial score (nSPS) is 17.2. The van der Waals surface area contributed by atoms with Crippen molar-refractivity contribution in [1.29, 1.82) is 0 Å². The van der Waals surface area contributed by atoms with Gasteiger partial charge in [-0.05, 0) is 36.8 Å². The molecule has 2 N–H and O–H groups in total. The number of aromatic nitrogens is 1. The first-order valence-electron chi connectivity index (χ1n) is 6.73. The number of rotatable bonds is 2. The van der Waals surface area contributed by atoms with Crippen LogP contribution in [0.3, 0.4) is 0 Å². The average Bonchev–Trinajstić information content (AvgIpc) is 2.49. The van der Waals surface area contributed by atoms with Gasteiger partial charge in [-0.3, -0.25) is 0 Å². The molecule has 1 fully saturated rings. The Morgan fingerprint density at radius 2 is 1.95 bits per heavy atom. The summed E-state index contributed by atoms with van der Waals surface area (Å²) in [6.45, 7) is 3.50. The van der Waals surface area contributed by atoms with Crippen LogP contribution in [0.25, 0.3) is 10.9 Å². The predicted molar refractivity (Wildman–Crippen MR) is 80.5 cm³/mol. The molecule has 1 aliphatic heterocycles. The highest BCUT2D eigenvalue weighted by Crippen LogP contribution is 2.24. The van der Waals surface area contributed by atoms with Crippen molar-refractivity contribution < 1.29 is 13.2 Å². The van der Waals surface area contributed by atoms with E-state index in [2.05, 4.69) is 4.98 Å². The second kappa shape index (κ2) is 5.25. The molecule has 0 aliphatic carbocycles. The van der Waals surface area contributed by atoms with E-state index in [0.29, 0.717) is 37.6 Å². The lowest BCUT2D eigenvalue weighted by molar-refractivity contribution is 0.0730. The smallest absolute Gasteiger partial charge is 0.243 e. The highest BCUT2D eigenvalue weighted by Gasteiger charge is 2.26. The summed E-state index contributed by atoms with van der Waals surface area (Å²) >= 11 is 0. The van der Waals surface area contributed by atoms with E-state index in [0.717, 1.165) is 10.9 Å². The number of ether oxygens (including phenoxy) is 1. The number of sulfonamides is 1. The Kier molecular flexibility index (Phi) is 3.56. The van der Waals surface area contributed by atoms with Crippen LogP contribution in [-0.4, -0.2) is 44.0 Å². The van der Waals surface area contributed by atoms with Gasteiger partial charge in [-0.1, -0.05) is 0 Å². The zero-order valence-electron chi connectivity index (χ0n) is 11.7. The Bertz CT molecular complexity index is 783. The Morgan fingerprint density at radius 3 is 2.67 bits per heavy atom. The Morgan fingerprint density at radius 1 is 1.24 bits per heavy atom. The summed E-state index contributed by atoms with van der Waals surface area (Å²) in [7, 11) is -3.48. The average molecular weight is 307 g/mol. The Balaban J connectivity index is 2.05. The van der Waals surface area contributed by atoms with Gasteiger partial charge in [0.05, 0.1) is 23.6 Å². The fourth-order valence-corrected chi connectivity index (χ4v) is 3.82. The standard InChI is InChI=1S/C14H17N3O3S/c1-10-8-11-9-12(2-3-13(11)16-14(10)15)21(18,19)17-4-6-20-7-5-17/h2-3,8-9H,4-7H2,1H3,(H2,15,16). The van der Waals surface area contributed by atoms with E-state index < -0.39 is 10.0 Å². The number of nitrogen functional groups attached to an aromatic ring is 1.